The van der Waals surface area contributed by atoms with Gasteiger partial charge in [0.15, 0.2) is 5.96 Å². The van der Waals surface area contributed by atoms with Crippen molar-refractivity contribution in [3.8, 4) is 5.75 Å². The van der Waals surface area contributed by atoms with Gasteiger partial charge >= 0.3 is 0 Å². The molecule has 0 aromatic heterocycles. The monoisotopic (exact) mass is 574 g/mol. The second-order valence-corrected chi connectivity index (χ2v) is 9.67. The Balaban J connectivity index is 0.00000512. The van der Waals surface area contributed by atoms with Crippen LogP contribution >= 0.6 is 24.0 Å². The quantitative estimate of drug-likeness (QED) is 0.256. The van der Waals surface area contributed by atoms with Crippen molar-refractivity contribution in [2.75, 3.05) is 34.3 Å². The number of aliphatic imine (C=N–C) groups is 1. The second kappa shape index (κ2) is 13.6. The third-order valence-corrected chi connectivity index (χ3v) is 6.85. The van der Waals surface area contributed by atoms with E-state index in [1.807, 2.05) is 19.1 Å². The van der Waals surface area contributed by atoms with Crippen LogP contribution in [0.5, 0.6) is 5.75 Å². The van der Waals surface area contributed by atoms with E-state index in [0.717, 1.165) is 36.8 Å². The first-order chi connectivity index (χ1) is 14.8. The van der Waals surface area contributed by atoms with Crippen molar-refractivity contribution in [3.63, 3.8) is 0 Å². The van der Waals surface area contributed by atoms with Gasteiger partial charge in [0.05, 0.1) is 18.6 Å². The highest BCUT2D eigenvalue weighted by molar-refractivity contribution is 14.0. The number of nitrogens with zero attached hydrogens (tertiary/aromatic N) is 2. The van der Waals surface area contributed by atoms with Gasteiger partial charge in [-0.2, -0.15) is 0 Å². The van der Waals surface area contributed by atoms with Crippen LogP contribution in [0.4, 0.5) is 0 Å². The fraction of sp³-hybridized carbons (Fsp3) is 0.435. The minimum Gasteiger partial charge on any atom is -0.497 e. The first-order valence-electron chi connectivity index (χ1n) is 10.5. The zero-order chi connectivity index (χ0) is 22.9. The molecule has 32 heavy (non-hydrogen) atoms. The number of guanidine groups is 1. The number of ether oxygens (including phenoxy) is 1. The molecule has 0 amide bonds. The van der Waals surface area contributed by atoms with Gasteiger partial charge in [-0.15, -0.1) is 24.0 Å². The lowest BCUT2D eigenvalue weighted by atomic mass is 9.98. The van der Waals surface area contributed by atoms with Gasteiger partial charge in [-0.3, -0.25) is 0 Å². The first-order valence-corrected chi connectivity index (χ1v) is 11.9. The van der Waals surface area contributed by atoms with Crippen molar-refractivity contribution < 1.29 is 13.2 Å². The predicted molar refractivity (Wildman–Crippen MR) is 142 cm³/mol. The van der Waals surface area contributed by atoms with Gasteiger partial charge in [-0.1, -0.05) is 31.2 Å². The summed E-state index contributed by atoms with van der Waals surface area (Å²) < 4.78 is 30.8. The van der Waals surface area contributed by atoms with Crippen LogP contribution in [0.1, 0.15) is 37.3 Å². The molecule has 0 aliphatic rings. The molecule has 1 atom stereocenters. The zero-order valence-electron chi connectivity index (χ0n) is 19.5. The molecule has 0 heterocycles. The van der Waals surface area contributed by atoms with Crippen LogP contribution in [0.25, 0.3) is 0 Å². The van der Waals surface area contributed by atoms with Gasteiger partial charge in [0, 0.05) is 27.2 Å². The van der Waals surface area contributed by atoms with Crippen molar-refractivity contribution in [1.82, 2.24) is 14.9 Å². The van der Waals surface area contributed by atoms with E-state index < -0.39 is 10.0 Å². The van der Waals surface area contributed by atoms with Crippen molar-refractivity contribution >= 4 is 40.0 Å². The highest BCUT2D eigenvalue weighted by Crippen LogP contribution is 2.21. The molecule has 2 aromatic carbocycles. The maximum Gasteiger partial charge on any atom is 0.242 e. The van der Waals surface area contributed by atoms with Gasteiger partial charge in [0.2, 0.25) is 10.0 Å². The highest BCUT2D eigenvalue weighted by atomic mass is 127. The van der Waals surface area contributed by atoms with E-state index in [9.17, 15) is 8.42 Å². The fourth-order valence-corrected chi connectivity index (χ4v) is 3.90. The number of rotatable bonds is 10. The van der Waals surface area contributed by atoms with E-state index in [1.54, 1.807) is 31.4 Å². The molecule has 0 saturated carbocycles. The van der Waals surface area contributed by atoms with Gasteiger partial charge in [-0.25, -0.2) is 17.7 Å². The smallest absolute Gasteiger partial charge is 0.242 e. The normalized spacial score (nSPS) is 12.8. The molecule has 7 nitrogen and oxygen atoms in total. The van der Waals surface area contributed by atoms with Crippen LogP contribution in [0.15, 0.2) is 58.4 Å². The molecule has 0 bridgehead atoms. The number of sulfonamides is 1. The molecule has 0 radical (unpaired) electrons. The lowest BCUT2D eigenvalue weighted by Crippen LogP contribution is -2.38. The van der Waals surface area contributed by atoms with Crippen LogP contribution in [0.3, 0.4) is 0 Å². The van der Waals surface area contributed by atoms with E-state index in [4.69, 9.17) is 4.74 Å². The van der Waals surface area contributed by atoms with Crippen molar-refractivity contribution in [2.24, 2.45) is 4.99 Å². The van der Waals surface area contributed by atoms with Gasteiger partial charge < -0.3 is 15.4 Å². The number of nitrogens with one attached hydrogen (secondary N) is 2. The average Bonchev–Trinajstić information content (AvgIpc) is 2.77. The van der Waals surface area contributed by atoms with Crippen molar-refractivity contribution in [2.45, 2.75) is 37.6 Å². The molecular weight excluding hydrogens is 539 g/mol. The Hall–Kier alpha value is -1.85. The van der Waals surface area contributed by atoms with E-state index in [1.165, 1.54) is 24.0 Å². The summed E-state index contributed by atoms with van der Waals surface area (Å²) in [7, 11) is 1.31. The maximum atomic E-state index is 12.2. The number of hydrogen-bond donors (Lipinski definition) is 2. The summed E-state index contributed by atoms with van der Waals surface area (Å²) in [5.74, 6) is 2.02. The standard InChI is InChI=1S/C23H34N4O3S.HI/c1-6-24-23(25-16-15-18(2)20-9-11-21(30-5)12-10-20)26-17-19-7-13-22(14-8-19)31(28,29)27(3)4;/h7-14,18H,6,15-17H2,1-5H3,(H2,24,25,26);1H. The molecule has 9 heteroatoms. The third-order valence-electron chi connectivity index (χ3n) is 5.02. The Morgan fingerprint density at radius 2 is 1.69 bits per heavy atom. The van der Waals surface area contributed by atoms with Gasteiger partial charge in [0.25, 0.3) is 0 Å². The molecule has 0 aliphatic carbocycles. The molecule has 2 N–H and O–H groups in total. The zero-order valence-corrected chi connectivity index (χ0v) is 22.6. The van der Waals surface area contributed by atoms with Crippen LogP contribution in [-0.4, -0.2) is 53.0 Å². The largest absolute Gasteiger partial charge is 0.497 e. The Morgan fingerprint density at radius 3 is 2.22 bits per heavy atom. The van der Waals surface area contributed by atoms with Crippen molar-refractivity contribution in [3.05, 3.63) is 59.7 Å². The van der Waals surface area contributed by atoms with E-state index >= 15 is 0 Å². The molecule has 2 rings (SSSR count). The van der Waals surface area contributed by atoms with Crippen LogP contribution in [-0.2, 0) is 16.6 Å². The summed E-state index contributed by atoms with van der Waals surface area (Å²) >= 11 is 0. The first kappa shape index (κ1) is 28.2. The SMILES string of the molecule is CCNC(=NCc1ccc(S(=O)(=O)N(C)C)cc1)NCCC(C)c1ccc(OC)cc1.I. The summed E-state index contributed by atoms with van der Waals surface area (Å²) in [4.78, 5) is 4.90. The summed E-state index contributed by atoms with van der Waals surface area (Å²) in [6.45, 7) is 6.25. The Morgan fingerprint density at radius 1 is 1.06 bits per heavy atom. The molecule has 0 spiro atoms. The lowest BCUT2D eigenvalue weighted by Gasteiger charge is -2.15. The van der Waals surface area contributed by atoms with Crippen LogP contribution < -0.4 is 15.4 Å². The average molecular weight is 575 g/mol. The van der Waals surface area contributed by atoms with Crippen molar-refractivity contribution in [1.29, 1.82) is 0 Å². The minimum atomic E-state index is -3.41. The molecule has 0 saturated heterocycles. The Bertz CT molecular complexity index is 946. The number of hydrogen-bond acceptors (Lipinski definition) is 4. The molecule has 178 valence electrons. The summed E-state index contributed by atoms with van der Waals surface area (Å²) in [5.41, 5.74) is 2.22. The summed E-state index contributed by atoms with van der Waals surface area (Å²) in [6, 6.07) is 15.0. The summed E-state index contributed by atoms with van der Waals surface area (Å²) in [5, 5.41) is 6.63. The van der Waals surface area contributed by atoms with E-state index in [0.29, 0.717) is 12.5 Å². The number of benzene rings is 2. The second-order valence-electron chi connectivity index (χ2n) is 7.52. The maximum absolute atomic E-state index is 12.2. The number of methoxy groups -OCH3 is 1. The summed E-state index contributed by atoms with van der Waals surface area (Å²) in [6.07, 6.45) is 0.966. The van der Waals surface area contributed by atoms with Crippen LogP contribution in [0.2, 0.25) is 0 Å². The number of halogens is 1. The van der Waals surface area contributed by atoms with Gasteiger partial charge in [0.1, 0.15) is 5.75 Å². The fourth-order valence-electron chi connectivity index (χ4n) is 3.00. The Labute approximate surface area is 209 Å². The minimum absolute atomic E-state index is 0. The molecule has 1 unspecified atom stereocenters. The predicted octanol–water partition coefficient (Wildman–Crippen LogP) is 3.81. The molecule has 2 aromatic rings. The third kappa shape index (κ3) is 8.25. The topological polar surface area (TPSA) is 83.0 Å². The van der Waals surface area contributed by atoms with Gasteiger partial charge in [-0.05, 0) is 54.7 Å². The lowest BCUT2D eigenvalue weighted by molar-refractivity contribution is 0.414. The van der Waals surface area contributed by atoms with E-state index in [2.05, 4.69) is 34.7 Å². The highest BCUT2D eigenvalue weighted by Gasteiger charge is 2.16. The van der Waals surface area contributed by atoms with E-state index in [-0.39, 0.29) is 28.9 Å². The van der Waals surface area contributed by atoms with Crippen LogP contribution in [0, 0.1) is 0 Å². The molecular formula is C23H35IN4O3S. The molecule has 0 fully saturated rings. The Kier molecular flexibility index (Phi) is 12.0. The molecule has 0 aliphatic heterocycles.